The smallest absolute Gasteiger partial charge is 0.300 e. The summed E-state index contributed by atoms with van der Waals surface area (Å²) in [6, 6.07) is 2.24. The van der Waals surface area contributed by atoms with Crippen molar-refractivity contribution in [2.24, 2.45) is 0 Å². The van der Waals surface area contributed by atoms with E-state index >= 15 is 0 Å². The maximum atomic E-state index is 13.4. The molecule has 0 bridgehead atoms. The number of carbonyl (C=O) groups excluding carboxylic acids is 1. The maximum Gasteiger partial charge on any atom is 0.300 e. The van der Waals surface area contributed by atoms with Gasteiger partial charge in [-0.15, -0.1) is 0 Å². The summed E-state index contributed by atoms with van der Waals surface area (Å²) in [5.74, 6) is -2.90. The van der Waals surface area contributed by atoms with Crippen LogP contribution in [0.2, 0.25) is 0 Å². The number of alkyl halides is 2. The molecule has 6 heteroatoms. The van der Waals surface area contributed by atoms with Gasteiger partial charge in [-0.1, -0.05) is 15.9 Å². The van der Waals surface area contributed by atoms with Crippen LogP contribution >= 0.6 is 15.9 Å². The lowest BCUT2D eigenvalue weighted by atomic mass is 10.1. The molecular formula is C9H6BrF3O2. The Kier molecular flexibility index (Phi) is 3.73. The summed E-state index contributed by atoms with van der Waals surface area (Å²) in [6.45, 7) is 0. The number of hydrogen-bond donors (Lipinski definition) is 0. The zero-order chi connectivity index (χ0) is 11.6. The van der Waals surface area contributed by atoms with Gasteiger partial charge in [0.05, 0.1) is 12.7 Å². The number of halogens is 4. The van der Waals surface area contributed by atoms with Crippen molar-refractivity contribution in [3.05, 3.63) is 28.0 Å². The molecular weight excluding hydrogens is 277 g/mol. The Balaban J connectivity index is 3.29. The summed E-state index contributed by atoms with van der Waals surface area (Å²) < 4.78 is 42.4. The van der Waals surface area contributed by atoms with Gasteiger partial charge in [0.2, 0.25) is 5.78 Å². The molecule has 0 N–H and O–H groups in total. The second-order valence-electron chi connectivity index (χ2n) is 2.63. The number of carbonyl (C=O) groups is 1. The van der Waals surface area contributed by atoms with Crippen LogP contribution in [0, 0.1) is 5.82 Å². The highest BCUT2D eigenvalue weighted by Gasteiger charge is 2.24. The first kappa shape index (κ1) is 12.0. The maximum absolute atomic E-state index is 13.4. The number of hydrogen-bond acceptors (Lipinski definition) is 2. The molecule has 82 valence electrons. The van der Waals surface area contributed by atoms with Crippen LogP contribution in [-0.4, -0.2) is 19.3 Å². The molecule has 0 heterocycles. The van der Waals surface area contributed by atoms with Crippen LogP contribution in [0.15, 0.2) is 16.6 Å². The van der Waals surface area contributed by atoms with Crippen LogP contribution in [0.1, 0.15) is 10.4 Å². The summed E-state index contributed by atoms with van der Waals surface area (Å²) in [6.07, 6.45) is -3.24. The molecule has 1 rings (SSSR count). The predicted molar refractivity (Wildman–Crippen MR) is 51.0 cm³/mol. The molecule has 0 aliphatic rings. The molecule has 1 aromatic carbocycles. The van der Waals surface area contributed by atoms with E-state index in [1.165, 1.54) is 13.2 Å². The van der Waals surface area contributed by atoms with Crippen molar-refractivity contribution >= 4 is 21.7 Å². The minimum Gasteiger partial charge on any atom is -0.494 e. The van der Waals surface area contributed by atoms with Crippen LogP contribution in [-0.2, 0) is 0 Å². The van der Waals surface area contributed by atoms with Crippen LogP contribution in [0.5, 0.6) is 5.75 Å². The molecule has 2 nitrogen and oxygen atoms in total. The summed E-state index contributed by atoms with van der Waals surface area (Å²) in [7, 11) is 1.18. The molecule has 0 aliphatic carbocycles. The highest BCUT2D eigenvalue weighted by molar-refractivity contribution is 9.10. The molecule has 0 amide bonds. The fourth-order valence-corrected chi connectivity index (χ4v) is 1.45. The average Bonchev–Trinajstić information content (AvgIpc) is 2.19. The van der Waals surface area contributed by atoms with Gasteiger partial charge >= 0.3 is 6.43 Å². The standard InChI is InChI=1S/C9H6BrF3O2/c1-15-6-3-4(10)2-5(7(6)11)8(14)9(12)13/h2-3,9H,1H3. The van der Waals surface area contributed by atoms with Gasteiger partial charge < -0.3 is 4.74 Å². The van der Waals surface area contributed by atoms with Crippen LogP contribution in [0.4, 0.5) is 13.2 Å². The largest absolute Gasteiger partial charge is 0.494 e. The molecule has 0 saturated heterocycles. The van der Waals surface area contributed by atoms with Crippen molar-refractivity contribution in [1.29, 1.82) is 0 Å². The second kappa shape index (κ2) is 4.65. The SMILES string of the molecule is COc1cc(Br)cc(C(=O)C(F)F)c1F. The Morgan fingerprint density at radius 1 is 1.47 bits per heavy atom. The molecule has 0 fully saturated rings. The van der Waals surface area contributed by atoms with Gasteiger partial charge in [-0.25, -0.2) is 13.2 Å². The van der Waals surface area contributed by atoms with Crippen molar-refractivity contribution in [1.82, 2.24) is 0 Å². The average molecular weight is 283 g/mol. The quantitative estimate of drug-likeness (QED) is 0.797. The number of ether oxygens (including phenoxy) is 1. The number of methoxy groups -OCH3 is 1. The topological polar surface area (TPSA) is 26.3 Å². The number of Topliss-reactive ketones (excluding diaryl/α,β-unsaturated/α-hetero) is 1. The fourth-order valence-electron chi connectivity index (χ4n) is 1.01. The van der Waals surface area contributed by atoms with Gasteiger partial charge in [0, 0.05) is 4.47 Å². The van der Waals surface area contributed by atoms with Gasteiger partial charge in [-0.3, -0.25) is 4.79 Å². The molecule has 0 unspecified atom stereocenters. The minimum absolute atomic E-state index is 0.256. The Morgan fingerprint density at radius 2 is 2.07 bits per heavy atom. The van der Waals surface area contributed by atoms with Crippen LogP contribution in [0.3, 0.4) is 0 Å². The Morgan fingerprint density at radius 3 is 2.53 bits per heavy atom. The van der Waals surface area contributed by atoms with E-state index in [9.17, 15) is 18.0 Å². The highest BCUT2D eigenvalue weighted by Crippen LogP contribution is 2.27. The number of rotatable bonds is 3. The van der Waals surface area contributed by atoms with Crippen molar-refractivity contribution in [3.8, 4) is 5.75 Å². The summed E-state index contributed by atoms with van der Waals surface area (Å²) in [5, 5.41) is 0. The molecule has 1 aromatic rings. The lowest BCUT2D eigenvalue weighted by Crippen LogP contribution is -2.13. The Bertz CT molecular complexity index is 393. The molecule has 0 spiro atoms. The molecule has 0 atom stereocenters. The first-order chi connectivity index (χ1) is 6.97. The van der Waals surface area contributed by atoms with Crippen molar-refractivity contribution in [2.45, 2.75) is 6.43 Å². The van der Waals surface area contributed by atoms with Gasteiger partial charge in [0.1, 0.15) is 0 Å². The van der Waals surface area contributed by atoms with E-state index in [4.69, 9.17) is 0 Å². The highest BCUT2D eigenvalue weighted by atomic mass is 79.9. The first-order valence-electron chi connectivity index (χ1n) is 3.82. The van der Waals surface area contributed by atoms with E-state index in [1.807, 2.05) is 0 Å². The van der Waals surface area contributed by atoms with E-state index < -0.39 is 23.6 Å². The Hall–Kier alpha value is -1.04. The monoisotopic (exact) mass is 282 g/mol. The number of ketones is 1. The van der Waals surface area contributed by atoms with Crippen molar-refractivity contribution < 1.29 is 22.7 Å². The third-order valence-corrected chi connectivity index (χ3v) is 2.15. The molecule has 0 aromatic heterocycles. The summed E-state index contributed by atoms with van der Waals surface area (Å²) >= 11 is 2.96. The van der Waals surface area contributed by atoms with Crippen LogP contribution in [0.25, 0.3) is 0 Å². The van der Waals surface area contributed by atoms with Gasteiger partial charge in [0.25, 0.3) is 0 Å². The lowest BCUT2D eigenvalue weighted by Gasteiger charge is -2.07. The van der Waals surface area contributed by atoms with E-state index in [-0.39, 0.29) is 5.75 Å². The molecule has 15 heavy (non-hydrogen) atoms. The minimum atomic E-state index is -3.24. The molecule has 0 aliphatic heterocycles. The zero-order valence-corrected chi connectivity index (χ0v) is 9.15. The molecule has 0 saturated carbocycles. The normalized spacial score (nSPS) is 10.5. The van der Waals surface area contributed by atoms with Gasteiger partial charge in [0.15, 0.2) is 11.6 Å². The van der Waals surface area contributed by atoms with Crippen molar-refractivity contribution in [2.75, 3.05) is 7.11 Å². The third kappa shape index (κ3) is 2.50. The van der Waals surface area contributed by atoms with E-state index in [1.54, 1.807) is 0 Å². The van der Waals surface area contributed by atoms with E-state index in [0.29, 0.717) is 4.47 Å². The third-order valence-electron chi connectivity index (χ3n) is 1.69. The summed E-state index contributed by atoms with van der Waals surface area (Å²) in [5.41, 5.74) is -0.684. The number of benzene rings is 1. The summed E-state index contributed by atoms with van der Waals surface area (Å²) in [4.78, 5) is 10.9. The van der Waals surface area contributed by atoms with Crippen LogP contribution < -0.4 is 4.74 Å². The molecule has 0 radical (unpaired) electrons. The lowest BCUT2D eigenvalue weighted by molar-refractivity contribution is 0.0673. The second-order valence-corrected chi connectivity index (χ2v) is 3.55. The van der Waals surface area contributed by atoms with E-state index in [2.05, 4.69) is 20.7 Å². The fraction of sp³-hybridized carbons (Fsp3) is 0.222. The van der Waals surface area contributed by atoms with E-state index in [0.717, 1.165) is 6.07 Å². The van der Waals surface area contributed by atoms with Crippen molar-refractivity contribution in [3.63, 3.8) is 0 Å². The zero-order valence-electron chi connectivity index (χ0n) is 7.56. The van der Waals surface area contributed by atoms with Gasteiger partial charge in [-0.05, 0) is 12.1 Å². The van der Waals surface area contributed by atoms with Gasteiger partial charge in [-0.2, -0.15) is 0 Å². The first-order valence-corrected chi connectivity index (χ1v) is 4.62. The predicted octanol–water partition coefficient (Wildman–Crippen LogP) is 3.04. The Labute approximate surface area is 92.2 Å².